The van der Waals surface area contributed by atoms with Crippen LogP contribution in [0, 0.1) is 20.2 Å². The van der Waals surface area contributed by atoms with E-state index >= 15 is 0 Å². The van der Waals surface area contributed by atoms with E-state index in [4.69, 9.17) is 0 Å². The monoisotopic (exact) mass is 478 g/mol. The molecule has 3 rings (SSSR count). The molecule has 0 saturated heterocycles. The molecule has 0 saturated carbocycles. The zero-order chi connectivity index (χ0) is 21.0. The number of halogens is 1. The lowest BCUT2D eigenvalue weighted by molar-refractivity contribution is -0.385. The summed E-state index contributed by atoms with van der Waals surface area (Å²) in [5.41, 5.74) is 2.13. The SMILES string of the molecule is O=C(N/N=C/c1ccc([N+](=O)[O-])s1)c1nn(Cc2cccc(Br)c2)cc1[N+](=O)[O-]. The molecule has 2 aromatic heterocycles. The Hall–Kier alpha value is -3.45. The second kappa shape index (κ2) is 8.70. The van der Waals surface area contributed by atoms with E-state index in [1.54, 1.807) is 0 Å². The van der Waals surface area contributed by atoms with Crippen LogP contribution in [0.1, 0.15) is 20.9 Å². The van der Waals surface area contributed by atoms with Crippen LogP contribution < -0.4 is 5.43 Å². The maximum atomic E-state index is 12.3. The Bertz CT molecular complexity index is 1120. The fraction of sp³-hybridized carbons (Fsp3) is 0.0625. The van der Waals surface area contributed by atoms with Gasteiger partial charge in [-0.3, -0.25) is 29.7 Å². The normalized spacial score (nSPS) is 10.9. The maximum absolute atomic E-state index is 12.3. The van der Waals surface area contributed by atoms with Crippen LogP contribution in [0.15, 0.2) is 52.2 Å². The van der Waals surface area contributed by atoms with Crippen molar-refractivity contribution in [3.63, 3.8) is 0 Å². The van der Waals surface area contributed by atoms with Gasteiger partial charge >= 0.3 is 10.7 Å². The highest BCUT2D eigenvalue weighted by molar-refractivity contribution is 9.10. The second-order valence-electron chi connectivity index (χ2n) is 5.58. The third-order valence-corrected chi connectivity index (χ3v) is 5.00. The van der Waals surface area contributed by atoms with Crippen LogP contribution in [-0.4, -0.2) is 31.7 Å². The Labute approximate surface area is 175 Å². The molecule has 0 unspecified atom stereocenters. The summed E-state index contributed by atoms with van der Waals surface area (Å²) in [4.78, 5) is 33.4. The van der Waals surface area contributed by atoms with Crippen molar-refractivity contribution in [2.75, 3.05) is 0 Å². The molecule has 0 bridgehead atoms. The highest BCUT2D eigenvalue weighted by Crippen LogP contribution is 2.22. The highest BCUT2D eigenvalue weighted by atomic mass is 79.9. The number of thiophene rings is 1. The van der Waals surface area contributed by atoms with Crippen molar-refractivity contribution in [3.8, 4) is 0 Å². The number of nitro groups is 2. The Kier molecular flexibility index (Phi) is 6.09. The van der Waals surface area contributed by atoms with Gasteiger partial charge in [0.2, 0.25) is 5.69 Å². The van der Waals surface area contributed by atoms with Crippen molar-refractivity contribution in [1.82, 2.24) is 15.2 Å². The summed E-state index contributed by atoms with van der Waals surface area (Å²) in [5.74, 6) is -0.869. The first-order valence-electron chi connectivity index (χ1n) is 7.87. The van der Waals surface area contributed by atoms with Gasteiger partial charge in [0.05, 0.1) is 27.5 Å². The molecular formula is C16H11BrN6O5S. The van der Waals surface area contributed by atoms with Crippen LogP contribution in [0.4, 0.5) is 10.7 Å². The molecule has 13 heteroatoms. The molecule has 1 amide bonds. The predicted molar refractivity (Wildman–Crippen MR) is 108 cm³/mol. The summed E-state index contributed by atoms with van der Waals surface area (Å²) in [6.07, 6.45) is 2.38. The maximum Gasteiger partial charge on any atom is 0.324 e. The first kappa shape index (κ1) is 20.3. The van der Waals surface area contributed by atoms with Gasteiger partial charge in [-0.25, -0.2) is 5.43 Å². The minimum atomic E-state index is -0.869. The van der Waals surface area contributed by atoms with Crippen LogP contribution in [0.3, 0.4) is 0 Å². The number of nitrogens with one attached hydrogen (secondary N) is 1. The van der Waals surface area contributed by atoms with Crippen LogP contribution in [0.25, 0.3) is 0 Å². The lowest BCUT2D eigenvalue weighted by Gasteiger charge is -2.01. The lowest BCUT2D eigenvalue weighted by Crippen LogP contribution is -2.19. The van der Waals surface area contributed by atoms with Crippen molar-refractivity contribution in [3.05, 3.63) is 83.4 Å². The molecule has 11 nitrogen and oxygen atoms in total. The summed E-state index contributed by atoms with van der Waals surface area (Å²) in [7, 11) is 0. The van der Waals surface area contributed by atoms with Crippen molar-refractivity contribution in [2.45, 2.75) is 6.54 Å². The Balaban J connectivity index is 1.74. The van der Waals surface area contributed by atoms with Crippen LogP contribution in [0.2, 0.25) is 0 Å². The predicted octanol–water partition coefficient (Wildman–Crippen LogP) is 3.34. The molecule has 0 radical (unpaired) electrons. The molecule has 0 atom stereocenters. The first-order valence-corrected chi connectivity index (χ1v) is 9.48. The van der Waals surface area contributed by atoms with Gasteiger partial charge in [-0.15, -0.1) is 0 Å². The molecular weight excluding hydrogens is 468 g/mol. The fourth-order valence-electron chi connectivity index (χ4n) is 2.33. The minimum absolute atomic E-state index is 0.0697. The van der Waals surface area contributed by atoms with E-state index < -0.39 is 21.4 Å². The molecule has 0 spiro atoms. The van der Waals surface area contributed by atoms with Gasteiger partial charge in [0.25, 0.3) is 5.91 Å². The standard InChI is InChI=1S/C16H11BrN6O5S/c17-11-3-1-2-10(6-11)8-21-9-13(22(25)26)15(20-21)16(24)19-18-7-12-4-5-14(29-12)23(27)28/h1-7,9H,8H2,(H,19,24)/b18-7+. The molecule has 2 heterocycles. The average molecular weight is 479 g/mol. The van der Waals surface area contributed by atoms with Gasteiger partial charge in [0.15, 0.2) is 0 Å². The van der Waals surface area contributed by atoms with Crippen molar-refractivity contribution in [2.24, 2.45) is 5.10 Å². The van der Waals surface area contributed by atoms with Crippen molar-refractivity contribution in [1.29, 1.82) is 0 Å². The lowest BCUT2D eigenvalue weighted by atomic mass is 10.2. The van der Waals surface area contributed by atoms with Gasteiger partial charge in [-0.1, -0.05) is 39.4 Å². The topological polar surface area (TPSA) is 146 Å². The van der Waals surface area contributed by atoms with E-state index in [0.29, 0.717) is 4.88 Å². The number of hydrazone groups is 1. The average Bonchev–Trinajstić information content (AvgIpc) is 3.29. The van der Waals surface area contributed by atoms with Crippen molar-refractivity contribution < 1.29 is 14.6 Å². The Morgan fingerprint density at radius 1 is 1.28 bits per heavy atom. The fourth-order valence-corrected chi connectivity index (χ4v) is 3.47. The van der Waals surface area contributed by atoms with E-state index in [1.807, 2.05) is 24.3 Å². The number of nitrogens with zero attached hydrogens (tertiary/aromatic N) is 5. The molecule has 1 aromatic carbocycles. The summed E-state index contributed by atoms with van der Waals surface area (Å²) in [6, 6.07) is 10.1. The van der Waals surface area contributed by atoms with Gasteiger partial charge in [0.1, 0.15) is 6.20 Å². The number of benzene rings is 1. The van der Waals surface area contributed by atoms with E-state index in [1.165, 1.54) is 29.2 Å². The van der Waals surface area contributed by atoms with Gasteiger partial charge < -0.3 is 0 Å². The minimum Gasteiger partial charge on any atom is -0.265 e. The van der Waals surface area contributed by atoms with E-state index in [-0.39, 0.29) is 17.2 Å². The van der Waals surface area contributed by atoms with Gasteiger partial charge in [-0.2, -0.15) is 10.2 Å². The number of rotatable bonds is 7. The molecule has 0 aliphatic carbocycles. The smallest absolute Gasteiger partial charge is 0.265 e. The summed E-state index contributed by atoms with van der Waals surface area (Å²) in [6.45, 7) is 0.232. The van der Waals surface area contributed by atoms with Crippen LogP contribution in [-0.2, 0) is 6.54 Å². The van der Waals surface area contributed by atoms with Crippen LogP contribution >= 0.6 is 27.3 Å². The molecule has 148 valence electrons. The largest absolute Gasteiger partial charge is 0.324 e. The van der Waals surface area contributed by atoms with E-state index in [2.05, 4.69) is 31.6 Å². The molecule has 1 N–H and O–H groups in total. The second-order valence-corrected chi connectivity index (χ2v) is 7.59. The number of hydrogen-bond acceptors (Lipinski definition) is 8. The van der Waals surface area contributed by atoms with E-state index in [9.17, 15) is 25.0 Å². The highest BCUT2D eigenvalue weighted by Gasteiger charge is 2.25. The van der Waals surface area contributed by atoms with Crippen molar-refractivity contribution >= 4 is 50.1 Å². The number of carbonyl (C=O) groups is 1. The number of amides is 1. The zero-order valence-electron chi connectivity index (χ0n) is 14.4. The quantitative estimate of drug-likeness (QED) is 0.313. The van der Waals surface area contributed by atoms with Crippen LogP contribution in [0.5, 0.6) is 0 Å². The van der Waals surface area contributed by atoms with E-state index in [0.717, 1.165) is 21.4 Å². The zero-order valence-corrected chi connectivity index (χ0v) is 16.8. The first-order chi connectivity index (χ1) is 13.8. The Morgan fingerprint density at radius 2 is 2.07 bits per heavy atom. The summed E-state index contributed by atoms with van der Waals surface area (Å²) in [5, 5.41) is 29.5. The molecule has 0 fully saturated rings. The molecule has 3 aromatic rings. The third-order valence-electron chi connectivity index (χ3n) is 3.54. The number of aromatic nitrogens is 2. The number of carbonyl (C=O) groups excluding carboxylic acids is 1. The van der Waals surface area contributed by atoms with Gasteiger partial charge in [0, 0.05) is 10.5 Å². The Morgan fingerprint density at radius 3 is 2.72 bits per heavy atom. The molecule has 0 aliphatic rings. The summed E-state index contributed by atoms with van der Waals surface area (Å²) >= 11 is 4.22. The summed E-state index contributed by atoms with van der Waals surface area (Å²) < 4.78 is 2.14. The molecule has 0 aliphatic heterocycles. The number of hydrogen-bond donors (Lipinski definition) is 1. The molecule has 29 heavy (non-hydrogen) atoms. The van der Waals surface area contributed by atoms with Gasteiger partial charge in [-0.05, 0) is 23.8 Å². The third kappa shape index (κ3) is 5.08.